The highest BCUT2D eigenvalue weighted by atomic mass is 19.4. The molecule has 196 valence electrons. The van der Waals surface area contributed by atoms with Crippen LogP contribution in [0.4, 0.5) is 19.1 Å². The molecule has 4 rings (SSSR count). The number of halogens is 3. The highest BCUT2D eigenvalue weighted by Crippen LogP contribution is 2.36. The number of anilines is 1. The van der Waals surface area contributed by atoms with E-state index in [0.717, 1.165) is 22.2 Å². The lowest BCUT2D eigenvalue weighted by atomic mass is 9.81. The lowest BCUT2D eigenvalue weighted by Gasteiger charge is -2.38. The van der Waals surface area contributed by atoms with Crippen molar-refractivity contribution in [1.29, 1.82) is 0 Å². The fraction of sp³-hybridized carbons (Fsp3) is 0.407. The molecule has 1 aliphatic carbocycles. The molecule has 2 N–H and O–H groups in total. The van der Waals surface area contributed by atoms with Crippen LogP contribution in [0.2, 0.25) is 0 Å². The second kappa shape index (κ2) is 10.7. The van der Waals surface area contributed by atoms with Crippen molar-refractivity contribution in [3.8, 4) is 0 Å². The first-order valence-corrected chi connectivity index (χ1v) is 12.2. The molecule has 1 amide bonds. The molecule has 0 spiro atoms. The van der Waals surface area contributed by atoms with Crippen molar-refractivity contribution in [1.82, 2.24) is 15.3 Å². The van der Waals surface area contributed by atoms with Crippen molar-refractivity contribution >= 4 is 28.7 Å². The Balaban J connectivity index is 1.49. The van der Waals surface area contributed by atoms with Gasteiger partial charge in [0.05, 0.1) is 11.2 Å². The topological polar surface area (TPSA) is 93.2 Å². The predicted octanol–water partition coefficient (Wildman–Crippen LogP) is 5.27. The van der Waals surface area contributed by atoms with Gasteiger partial charge in [-0.05, 0) is 43.2 Å². The first-order chi connectivity index (χ1) is 17.6. The van der Waals surface area contributed by atoms with Crippen molar-refractivity contribution in [2.24, 2.45) is 0 Å². The van der Waals surface area contributed by atoms with Gasteiger partial charge in [-0.3, -0.25) is 4.79 Å². The highest BCUT2D eigenvalue weighted by molar-refractivity contribution is 5.89. The van der Waals surface area contributed by atoms with Crippen LogP contribution in [0.15, 0.2) is 54.6 Å². The number of hydrogen-bond acceptors (Lipinski definition) is 6. The molecule has 0 saturated heterocycles. The first kappa shape index (κ1) is 26.4. The number of hydrogen-bond donors (Lipinski definition) is 2. The Labute approximate surface area is 212 Å². The Kier molecular flexibility index (Phi) is 7.65. The van der Waals surface area contributed by atoms with E-state index >= 15 is 0 Å². The minimum atomic E-state index is -5.20. The molecule has 1 aromatic heterocycles. The molecule has 10 heteroatoms. The number of carbonyl (C=O) groups excluding carboxylic acids is 2. The third kappa shape index (κ3) is 6.18. The summed E-state index contributed by atoms with van der Waals surface area (Å²) >= 11 is 0. The van der Waals surface area contributed by atoms with Crippen LogP contribution in [-0.2, 0) is 20.9 Å². The van der Waals surface area contributed by atoms with Crippen molar-refractivity contribution in [3.63, 3.8) is 0 Å². The summed E-state index contributed by atoms with van der Waals surface area (Å²) in [5.74, 6) is -2.53. The van der Waals surface area contributed by atoms with Gasteiger partial charge in [0.15, 0.2) is 5.60 Å². The van der Waals surface area contributed by atoms with Crippen molar-refractivity contribution in [2.45, 2.75) is 69.8 Å². The Hall–Kier alpha value is -3.69. The standard InChI is InChI=1S/C27H29F3N4O3/c1-17(2)22-20-10-6-7-11-21(20)33-25(34-22)32-19-12-14-26(15-13-19,37-24(36)27(28,29)30)23(35)31-16-18-8-4-3-5-9-18/h3-11,17,19H,12-16H2,1-2H3,(H,31,35)(H,32,33,34). The number of amides is 1. The van der Waals surface area contributed by atoms with E-state index in [1.807, 2.05) is 44.2 Å². The molecule has 2 aromatic carbocycles. The molecule has 0 bridgehead atoms. The third-order valence-corrected chi connectivity index (χ3v) is 6.54. The lowest BCUT2D eigenvalue weighted by Crippen LogP contribution is -2.54. The average Bonchev–Trinajstić information content (AvgIpc) is 2.88. The van der Waals surface area contributed by atoms with Gasteiger partial charge in [-0.1, -0.05) is 62.4 Å². The number of rotatable bonds is 7. The number of para-hydroxylation sites is 1. The van der Waals surface area contributed by atoms with E-state index < -0.39 is 23.7 Å². The van der Waals surface area contributed by atoms with E-state index in [2.05, 4.69) is 20.6 Å². The number of esters is 1. The molecule has 0 atom stereocenters. The highest BCUT2D eigenvalue weighted by Gasteiger charge is 2.51. The summed E-state index contributed by atoms with van der Waals surface area (Å²) in [6.07, 6.45) is -4.77. The zero-order valence-corrected chi connectivity index (χ0v) is 20.6. The van der Waals surface area contributed by atoms with Crippen LogP contribution in [0.3, 0.4) is 0 Å². The van der Waals surface area contributed by atoms with Crippen LogP contribution in [0.1, 0.15) is 56.7 Å². The number of aromatic nitrogens is 2. The fourth-order valence-corrected chi connectivity index (χ4v) is 4.57. The lowest BCUT2D eigenvalue weighted by molar-refractivity contribution is -0.217. The maximum absolute atomic E-state index is 13.1. The molecule has 3 aromatic rings. The van der Waals surface area contributed by atoms with Crippen LogP contribution in [0.5, 0.6) is 0 Å². The van der Waals surface area contributed by atoms with Gasteiger partial charge in [-0.2, -0.15) is 13.2 Å². The van der Waals surface area contributed by atoms with Gasteiger partial charge >= 0.3 is 12.1 Å². The van der Waals surface area contributed by atoms with Crippen LogP contribution in [-0.4, -0.2) is 39.7 Å². The summed E-state index contributed by atoms with van der Waals surface area (Å²) < 4.78 is 44.0. The summed E-state index contributed by atoms with van der Waals surface area (Å²) in [5, 5.41) is 6.87. The van der Waals surface area contributed by atoms with Gasteiger partial charge < -0.3 is 15.4 Å². The Morgan fingerprint density at radius 1 is 1.03 bits per heavy atom. The van der Waals surface area contributed by atoms with E-state index in [1.165, 1.54) is 0 Å². The van der Waals surface area contributed by atoms with E-state index in [9.17, 15) is 22.8 Å². The number of ether oxygens (including phenoxy) is 1. The van der Waals surface area contributed by atoms with Crippen LogP contribution in [0, 0.1) is 0 Å². The molecular formula is C27H29F3N4O3. The monoisotopic (exact) mass is 514 g/mol. The Bertz CT molecular complexity index is 1260. The van der Waals surface area contributed by atoms with Crippen LogP contribution >= 0.6 is 0 Å². The van der Waals surface area contributed by atoms with E-state index in [0.29, 0.717) is 5.95 Å². The van der Waals surface area contributed by atoms with E-state index in [1.54, 1.807) is 24.3 Å². The summed E-state index contributed by atoms with van der Waals surface area (Å²) in [4.78, 5) is 34.1. The van der Waals surface area contributed by atoms with Gasteiger partial charge in [0.1, 0.15) is 0 Å². The second-order valence-corrected chi connectivity index (χ2v) is 9.57. The zero-order valence-electron chi connectivity index (χ0n) is 20.6. The van der Waals surface area contributed by atoms with Crippen molar-refractivity contribution in [2.75, 3.05) is 5.32 Å². The smallest absolute Gasteiger partial charge is 0.442 e. The number of benzene rings is 2. The molecule has 0 aliphatic heterocycles. The quantitative estimate of drug-likeness (QED) is 0.418. The van der Waals surface area contributed by atoms with Crippen LogP contribution < -0.4 is 10.6 Å². The zero-order chi connectivity index (χ0) is 26.6. The summed E-state index contributed by atoms with van der Waals surface area (Å²) in [5.41, 5.74) is 0.538. The van der Waals surface area contributed by atoms with Gasteiger partial charge in [0, 0.05) is 18.0 Å². The predicted molar refractivity (Wildman–Crippen MR) is 133 cm³/mol. The van der Waals surface area contributed by atoms with Crippen LogP contribution in [0.25, 0.3) is 10.9 Å². The molecule has 1 saturated carbocycles. The second-order valence-electron chi connectivity index (χ2n) is 9.57. The van der Waals surface area contributed by atoms with E-state index in [4.69, 9.17) is 4.74 Å². The number of nitrogens with zero attached hydrogens (tertiary/aromatic N) is 2. The average molecular weight is 515 g/mol. The third-order valence-electron chi connectivity index (χ3n) is 6.54. The minimum absolute atomic E-state index is 0.0717. The SMILES string of the molecule is CC(C)c1nc(NC2CCC(OC(=O)C(F)(F)F)(C(=O)NCc3ccccc3)CC2)nc2ccccc12. The normalized spacial score (nSPS) is 20.0. The van der Waals surface area contributed by atoms with Crippen molar-refractivity contribution in [3.05, 3.63) is 65.9 Å². The largest absolute Gasteiger partial charge is 0.490 e. The molecule has 1 aliphatic rings. The number of fused-ring (bicyclic) bond motifs is 1. The Morgan fingerprint density at radius 3 is 2.32 bits per heavy atom. The molecule has 37 heavy (non-hydrogen) atoms. The first-order valence-electron chi connectivity index (χ1n) is 12.2. The van der Waals surface area contributed by atoms with Gasteiger partial charge in [0.2, 0.25) is 5.95 Å². The Morgan fingerprint density at radius 2 is 1.68 bits per heavy atom. The number of carbonyl (C=O) groups is 2. The fourth-order valence-electron chi connectivity index (χ4n) is 4.57. The molecule has 0 radical (unpaired) electrons. The van der Waals surface area contributed by atoms with Gasteiger partial charge in [-0.15, -0.1) is 0 Å². The van der Waals surface area contributed by atoms with Gasteiger partial charge in [-0.25, -0.2) is 14.8 Å². The molecular weight excluding hydrogens is 485 g/mol. The summed E-state index contributed by atoms with van der Waals surface area (Å²) in [6, 6.07) is 16.4. The number of alkyl halides is 3. The maximum atomic E-state index is 13.1. The maximum Gasteiger partial charge on any atom is 0.490 e. The molecule has 1 fully saturated rings. The minimum Gasteiger partial charge on any atom is -0.442 e. The number of nitrogens with one attached hydrogen (secondary N) is 2. The summed E-state index contributed by atoms with van der Waals surface area (Å²) in [6.45, 7) is 4.18. The molecule has 0 unspecified atom stereocenters. The molecule has 1 heterocycles. The van der Waals surface area contributed by atoms with Crippen molar-refractivity contribution < 1.29 is 27.5 Å². The van der Waals surface area contributed by atoms with Gasteiger partial charge in [0.25, 0.3) is 5.91 Å². The molecule has 7 nitrogen and oxygen atoms in total. The summed E-state index contributed by atoms with van der Waals surface area (Å²) in [7, 11) is 0. The van der Waals surface area contributed by atoms with E-state index in [-0.39, 0.29) is 44.2 Å².